The summed E-state index contributed by atoms with van der Waals surface area (Å²) in [5.74, 6) is 0.962. The maximum absolute atomic E-state index is 13.0. The van der Waals surface area contributed by atoms with E-state index in [4.69, 9.17) is 11.6 Å². The summed E-state index contributed by atoms with van der Waals surface area (Å²) in [5, 5.41) is 0. The third kappa shape index (κ3) is 2.41. The summed E-state index contributed by atoms with van der Waals surface area (Å²) in [6.45, 7) is 2.69. The molecule has 0 saturated carbocycles. The first-order valence-corrected chi connectivity index (χ1v) is 6.97. The molecule has 0 aliphatic heterocycles. The lowest BCUT2D eigenvalue weighted by Crippen LogP contribution is -2.04. The van der Waals surface area contributed by atoms with Crippen LogP contribution in [0.25, 0.3) is 11.0 Å². The Morgan fingerprint density at radius 2 is 1.90 bits per heavy atom. The summed E-state index contributed by atoms with van der Waals surface area (Å²) in [7, 11) is 0. The van der Waals surface area contributed by atoms with Gasteiger partial charge in [0.2, 0.25) is 0 Å². The monoisotopic (exact) mass is 288 g/mol. The minimum atomic E-state index is -0.224. The molecule has 1 heterocycles. The van der Waals surface area contributed by atoms with E-state index in [2.05, 4.69) is 22.5 Å². The maximum atomic E-state index is 13.0. The van der Waals surface area contributed by atoms with Crippen LogP contribution >= 0.6 is 11.6 Å². The van der Waals surface area contributed by atoms with Crippen molar-refractivity contribution >= 4 is 22.6 Å². The maximum Gasteiger partial charge on any atom is 0.125 e. The number of benzene rings is 2. The fourth-order valence-corrected chi connectivity index (χ4v) is 2.54. The second kappa shape index (κ2) is 5.25. The molecule has 0 N–H and O–H groups in total. The van der Waals surface area contributed by atoms with E-state index in [1.807, 2.05) is 12.1 Å². The van der Waals surface area contributed by atoms with Crippen molar-refractivity contribution in [2.75, 3.05) is 0 Å². The van der Waals surface area contributed by atoms with Gasteiger partial charge in [0.05, 0.1) is 16.9 Å². The quantitative estimate of drug-likeness (QED) is 0.658. The average Bonchev–Trinajstić information content (AvgIpc) is 2.79. The summed E-state index contributed by atoms with van der Waals surface area (Å²) in [6.07, 6.45) is 0. The van der Waals surface area contributed by atoms with Gasteiger partial charge in [-0.2, -0.15) is 0 Å². The Labute approximate surface area is 121 Å². The van der Waals surface area contributed by atoms with E-state index >= 15 is 0 Å². The molecule has 2 aromatic carbocycles. The molecule has 0 bridgehead atoms. The summed E-state index contributed by atoms with van der Waals surface area (Å²) < 4.78 is 15.1. The molecule has 4 heteroatoms. The Hall–Kier alpha value is -1.87. The van der Waals surface area contributed by atoms with Gasteiger partial charge in [0.25, 0.3) is 0 Å². The van der Waals surface area contributed by atoms with Crippen molar-refractivity contribution < 1.29 is 4.39 Å². The van der Waals surface area contributed by atoms with Crippen molar-refractivity contribution in [3.8, 4) is 0 Å². The second-order valence-electron chi connectivity index (χ2n) is 4.87. The fourth-order valence-electron chi connectivity index (χ4n) is 2.33. The van der Waals surface area contributed by atoms with Crippen molar-refractivity contribution in [1.29, 1.82) is 0 Å². The van der Waals surface area contributed by atoms with E-state index in [-0.39, 0.29) is 5.82 Å². The van der Waals surface area contributed by atoms with E-state index in [1.54, 1.807) is 12.1 Å². The van der Waals surface area contributed by atoms with Gasteiger partial charge in [-0.05, 0) is 42.3 Å². The highest BCUT2D eigenvalue weighted by molar-refractivity contribution is 6.16. The van der Waals surface area contributed by atoms with Crippen LogP contribution in [0.3, 0.4) is 0 Å². The number of aryl methyl sites for hydroxylation is 1. The summed E-state index contributed by atoms with van der Waals surface area (Å²) in [6, 6.07) is 12.7. The van der Waals surface area contributed by atoms with Crippen molar-refractivity contribution in [3.05, 3.63) is 65.2 Å². The molecule has 3 rings (SSSR count). The van der Waals surface area contributed by atoms with E-state index in [0.29, 0.717) is 12.4 Å². The molecule has 102 valence electrons. The van der Waals surface area contributed by atoms with Crippen LogP contribution < -0.4 is 0 Å². The molecule has 0 spiro atoms. The lowest BCUT2D eigenvalue weighted by molar-refractivity contribution is 0.626. The smallest absolute Gasteiger partial charge is 0.125 e. The average molecular weight is 289 g/mol. The molecule has 0 aliphatic carbocycles. The van der Waals surface area contributed by atoms with Crippen LogP contribution in [0.5, 0.6) is 0 Å². The first-order chi connectivity index (χ1) is 9.67. The normalized spacial score (nSPS) is 11.2. The highest BCUT2D eigenvalue weighted by Crippen LogP contribution is 2.20. The van der Waals surface area contributed by atoms with Gasteiger partial charge in [-0.15, -0.1) is 11.6 Å². The highest BCUT2D eigenvalue weighted by atomic mass is 35.5. The molecule has 2 nitrogen and oxygen atoms in total. The zero-order valence-electron chi connectivity index (χ0n) is 11.1. The number of rotatable bonds is 3. The van der Waals surface area contributed by atoms with Crippen LogP contribution in [0.4, 0.5) is 4.39 Å². The molecule has 0 radical (unpaired) electrons. The Bertz CT molecular complexity index is 747. The van der Waals surface area contributed by atoms with E-state index in [1.165, 1.54) is 17.7 Å². The van der Waals surface area contributed by atoms with Gasteiger partial charge in [-0.3, -0.25) is 0 Å². The van der Waals surface area contributed by atoms with Gasteiger partial charge in [0, 0.05) is 6.54 Å². The predicted molar refractivity (Wildman–Crippen MR) is 79.5 cm³/mol. The van der Waals surface area contributed by atoms with Crippen molar-refractivity contribution in [3.63, 3.8) is 0 Å². The lowest BCUT2D eigenvalue weighted by atomic mass is 10.2. The van der Waals surface area contributed by atoms with Crippen molar-refractivity contribution in [2.24, 2.45) is 0 Å². The Kier molecular flexibility index (Phi) is 3.45. The number of hydrogen-bond donors (Lipinski definition) is 0. The van der Waals surface area contributed by atoms with Crippen molar-refractivity contribution in [1.82, 2.24) is 9.55 Å². The molecule has 0 amide bonds. The fraction of sp³-hybridized carbons (Fsp3) is 0.188. The van der Waals surface area contributed by atoms with E-state index in [0.717, 1.165) is 22.4 Å². The van der Waals surface area contributed by atoms with Gasteiger partial charge < -0.3 is 4.57 Å². The molecule has 20 heavy (non-hydrogen) atoms. The highest BCUT2D eigenvalue weighted by Gasteiger charge is 2.10. The second-order valence-corrected chi connectivity index (χ2v) is 5.13. The molecule has 3 aromatic rings. The summed E-state index contributed by atoms with van der Waals surface area (Å²) >= 11 is 5.99. The Morgan fingerprint density at radius 3 is 2.60 bits per heavy atom. The van der Waals surface area contributed by atoms with Gasteiger partial charge in [0.1, 0.15) is 11.6 Å². The molecule has 0 aliphatic rings. The summed E-state index contributed by atoms with van der Waals surface area (Å²) in [5.41, 5.74) is 4.20. The van der Waals surface area contributed by atoms with Crippen LogP contribution in [0.2, 0.25) is 0 Å². The number of alkyl halides is 1. The topological polar surface area (TPSA) is 17.8 Å². The Balaban J connectivity index is 2.08. The minimum absolute atomic E-state index is 0.224. The van der Waals surface area contributed by atoms with Gasteiger partial charge in [0.15, 0.2) is 0 Å². The minimum Gasteiger partial charge on any atom is -0.322 e. The van der Waals surface area contributed by atoms with Crippen LogP contribution in [-0.4, -0.2) is 9.55 Å². The SMILES string of the molecule is Cc1ccc2nc(CCl)n(Cc3ccc(F)cc3)c2c1. The number of halogens is 2. The lowest BCUT2D eigenvalue weighted by Gasteiger charge is -2.08. The number of fused-ring (bicyclic) bond motifs is 1. The number of aromatic nitrogens is 2. The number of hydrogen-bond acceptors (Lipinski definition) is 1. The molecule has 0 atom stereocenters. The Morgan fingerprint density at radius 1 is 1.15 bits per heavy atom. The van der Waals surface area contributed by atoms with Crippen molar-refractivity contribution in [2.45, 2.75) is 19.3 Å². The first-order valence-electron chi connectivity index (χ1n) is 6.43. The van der Waals surface area contributed by atoms with Crippen LogP contribution in [0.15, 0.2) is 42.5 Å². The number of nitrogens with zero attached hydrogens (tertiary/aromatic N) is 2. The molecule has 0 saturated heterocycles. The summed E-state index contributed by atoms with van der Waals surface area (Å²) in [4.78, 5) is 4.54. The van der Waals surface area contributed by atoms with Crippen LogP contribution in [0.1, 0.15) is 17.0 Å². The zero-order valence-corrected chi connectivity index (χ0v) is 11.9. The van der Waals surface area contributed by atoms with Crippen LogP contribution in [-0.2, 0) is 12.4 Å². The molecule has 0 unspecified atom stereocenters. The van der Waals surface area contributed by atoms with Gasteiger partial charge in [-0.25, -0.2) is 9.37 Å². The zero-order chi connectivity index (χ0) is 14.1. The van der Waals surface area contributed by atoms with Crippen LogP contribution in [0, 0.1) is 12.7 Å². The molecular weight excluding hydrogens is 275 g/mol. The van der Waals surface area contributed by atoms with Gasteiger partial charge >= 0.3 is 0 Å². The largest absolute Gasteiger partial charge is 0.322 e. The van der Waals surface area contributed by atoms with Gasteiger partial charge in [-0.1, -0.05) is 18.2 Å². The first kappa shape index (κ1) is 13.1. The number of imidazole rings is 1. The standard InChI is InChI=1S/C16H14ClFN2/c1-11-2-7-14-15(8-11)20(16(9-17)19-14)10-12-3-5-13(18)6-4-12/h2-8H,9-10H2,1H3. The molecule has 0 fully saturated rings. The molecular formula is C16H14ClFN2. The predicted octanol–water partition coefficient (Wildman–Crippen LogP) is 4.27. The molecule has 1 aromatic heterocycles. The third-order valence-electron chi connectivity index (χ3n) is 3.36. The third-order valence-corrected chi connectivity index (χ3v) is 3.60. The van der Waals surface area contributed by atoms with E-state index in [9.17, 15) is 4.39 Å². The van der Waals surface area contributed by atoms with E-state index < -0.39 is 0 Å².